The lowest BCUT2D eigenvalue weighted by Crippen LogP contribution is -2.28. The number of amides is 2. The quantitative estimate of drug-likeness (QED) is 0.494. The van der Waals surface area contributed by atoms with Crippen molar-refractivity contribution in [1.82, 2.24) is 5.32 Å². The molecule has 0 heterocycles. The average Bonchev–Trinajstić information content (AvgIpc) is 2.51. The molecule has 0 saturated carbocycles. The highest BCUT2D eigenvalue weighted by molar-refractivity contribution is 8.00. The Balaban J connectivity index is 1.96. The fourth-order valence-electron chi connectivity index (χ4n) is 1.99. The molecule has 0 radical (unpaired) electrons. The lowest BCUT2D eigenvalue weighted by Gasteiger charge is -2.11. The van der Waals surface area contributed by atoms with E-state index in [9.17, 15) is 35.5 Å². The molecule has 11 heteroatoms. The average molecular weight is 412 g/mol. The summed E-state index contributed by atoms with van der Waals surface area (Å²) in [7, 11) is 0. The number of halogens is 7. The minimum Gasteiger partial charge on any atom is -0.334 e. The lowest BCUT2D eigenvalue weighted by atomic mass is 10.1. The first-order valence-corrected chi connectivity index (χ1v) is 8.02. The number of hydrogen-bond donors (Lipinski definition) is 2. The summed E-state index contributed by atoms with van der Waals surface area (Å²) in [6.45, 7) is -0.410. The number of thioether (sulfide) groups is 1. The molecule has 0 saturated heterocycles. The molecule has 0 unspecified atom stereocenters. The summed E-state index contributed by atoms with van der Waals surface area (Å²) in [5.41, 5.74) is -5.76. The molecule has 0 spiro atoms. The highest BCUT2D eigenvalue weighted by atomic mass is 32.2. The molecule has 0 fully saturated rings. The number of carbonyl (C=O) groups excluding carboxylic acids is 1. The van der Waals surface area contributed by atoms with Gasteiger partial charge in [0.25, 0.3) is 0 Å². The van der Waals surface area contributed by atoms with Gasteiger partial charge in [-0.05, 0) is 42.1 Å². The van der Waals surface area contributed by atoms with E-state index in [4.69, 9.17) is 0 Å². The zero-order valence-electron chi connectivity index (χ0n) is 13.2. The lowest BCUT2D eigenvalue weighted by molar-refractivity contribution is -0.137. The van der Waals surface area contributed by atoms with Crippen LogP contribution in [0.25, 0.3) is 0 Å². The van der Waals surface area contributed by atoms with Gasteiger partial charge in [0.05, 0.1) is 5.56 Å². The third-order valence-corrected chi connectivity index (χ3v) is 3.87. The van der Waals surface area contributed by atoms with Gasteiger partial charge in [-0.2, -0.15) is 26.3 Å². The predicted octanol–water partition coefficient (Wildman–Crippen LogP) is 5.78. The fraction of sp³-hybridized carbons (Fsp3) is 0.188. The van der Waals surface area contributed by atoms with Crippen molar-refractivity contribution in [2.45, 2.75) is 23.1 Å². The number of carbonyl (C=O) groups is 1. The summed E-state index contributed by atoms with van der Waals surface area (Å²) in [6, 6.07) is 5.97. The Bertz CT molecular complexity index is 821. The second kappa shape index (κ2) is 8.07. The van der Waals surface area contributed by atoms with Gasteiger partial charge < -0.3 is 10.6 Å². The van der Waals surface area contributed by atoms with Gasteiger partial charge in [0, 0.05) is 22.7 Å². The number of alkyl halides is 6. The van der Waals surface area contributed by atoms with Crippen LogP contribution in [0.3, 0.4) is 0 Å². The number of hydrogen-bond acceptors (Lipinski definition) is 2. The zero-order chi connectivity index (χ0) is 20.2. The summed E-state index contributed by atoms with van der Waals surface area (Å²) < 4.78 is 88.1. The van der Waals surface area contributed by atoms with Crippen molar-refractivity contribution in [3.05, 3.63) is 59.4 Å². The maximum atomic E-state index is 13.7. The summed E-state index contributed by atoms with van der Waals surface area (Å²) in [5, 5.41) is 4.47. The third kappa shape index (κ3) is 6.66. The summed E-state index contributed by atoms with van der Waals surface area (Å²) in [5.74, 6) is -1.14. The van der Waals surface area contributed by atoms with Crippen molar-refractivity contribution in [2.24, 2.45) is 0 Å². The van der Waals surface area contributed by atoms with Crippen LogP contribution in [-0.4, -0.2) is 11.5 Å². The molecule has 0 aliphatic carbocycles. The molecular weight excluding hydrogens is 401 g/mol. The first-order valence-electron chi connectivity index (χ1n) is 7.20. The van der Waals surface area contributed by atoms with Gasteiger partial charge >= 0.3 is 17.7 Å². The van der Waals surface area contributed by atoms with E-state index in [1.165, 1.54) is 18.2 Å². The van der Waals surface area contributed by atoms with Gasteiger partial charge in [-0.1, -0.05) is 12.1 Å². The topological polar surface area (TPSA) is 41.1 Å². The Labute approximate surface area is 152 Å². The van der Waals surface area contributed by atoms with Crippen LogP contribution in [0.15, 0.2) is 47.4 Å². The molecule has 146 valence electrons. The number of benzene rings is 2. The Morgan fingerprint density at radius 3 is 2.30 bits per heavy atom. The second-order valence-corrected chi connectivity index (χ2v) is 6.33. The Morgan fingerprint density at radius 1 is 1.00 bits per heavy atom. The van der Waals surface area contributed by atoms with Crippen molar-refractivity contribution in [1.29, 1.82) is 0 Å². The van der Waals surface area contributed by atoms with Crippen LogP contribution < -0.4 is 10.6 Å². The Hall–Kier alpha value is -2.43. The molecule has 0 aliphatic rings. The SMILES string of the molecule is O=C(NCc1ccc(C(F)(F)F)cc1F)Nc1cccc(SC(F)(F)F)c1. The van der Waals surface area contributed by atoms with Crippen molar-refractivity contribution in [3.63, 3.8) is 0 Å². The van der Waals surface area contributed by atoms with E-state index in [0.717, 1.165) is 12.1 Å². The smallest absolute Gasteiger partial charge is 0.334 e. The van der Waals surface area contributed by atoms with Gasteiger partial charge in [0.15, 0.2) is 0 Å². The summed E-state index contributed by atoms with van der Waals surface area (Å²) in [6.07, 6.45) is -4.69. The van der Waals surface area contributed by atoms with Crippen molar-refractivity contribution in [2.75, 3.05) is 5.32 Å². The third-order valence-electron chi connectivity index (χ3n) is 3.15. The molecule has 0 aliphatic heterocycles. The molecule has 0 aromatic heterocycles. The minimum absolute atomic E-state index is 0.0645. The van der Waals surface area contributed by atoms with Crippen LogP contribution in [-0.2, 0) is 12.7 Å². The maximum absolute atomic E-state index is 13.7. The van der Waals surface area contributed by atoms with E-state index in [0.29, 0.717) is 12.1 Å². The Kier molecular flexibility index (Phi) is 6.24. The van der Waals surface area contributed by atoms with Crippen LogP contribution in [0.1, 0.15) is 11.1 Å². The molecule has 2 N–H and O–H groups in total. The summed E-state index contributed by atoms with van der Waals surface area (Å²) in [4.78, 5) is 11.6. The van der Waals surface area contributed by atoms with Crippen LogP contribution >= 0.6 is 11.8 Å². The van der Waals surface area contributed by atoms with E-state index < -0.39 is 35.6 Å². The van der Waals surface area contributed by atoms with Gasteiger partial charge in [-0.15, -0.1) is 0 Å². The molecule has 2 rings (SSSR count). The van der Waals surface area contributed by atoms with Crippen LogP contribution in [0, 0.1) is 5.82 Å². The molecule has 3 nitrogen and oxygen atoms in total. The van der Waals surface area contributed by atoms with Crippen molar-refractivity contribution < 1.29 is 35.5 Å². The van der Waals surface area contributed by atoms with Crippen LogP contribution in [0.2, 0.25) is 0 Å². The van der Waals surface area contributed by atoms with E-state index in [2.05, 4.69) is 10.6 Å². The molecule has 2 amide bonds. The monoisotopic (exact) mass is 412 g/mol. The first kappa shape index (κ1) is 20.9. The van der Waals surface area contributed by atoms with E-state index in [-0.39, 0.29) is 27.9 Å². The van der Waals surface area contributed by atoms with E-state index >= 15 is 0 Å². The molecule has 0 bridgehead atoms. The predicted molar refractivity (Wildman–Crippen MR) is 85.6 cm³/mol. The van der Waals surface area contributed by atoms with Crippen molar-refractivity contribution in [3.8, 4) is 0 Å². The second-order valence-electron chi connectivity index (χ2n) is 5.19. The minimum atomic E-state index is -4.69. The Morgan fingerprint density at radius 2 is 1.70 bits per heavy atom. The number of rotatable bonds is 4. The van der Waals surface area contributed by atoms with Gasteiger partial charge in [-0.25, -0.2) is 9.18 Å². The maximum Gasteiger partial charge on any atom is 0.446 e. The number of anilines is 1. The molecule has 27 heavy (non-hydrogen) atoms. The zero-order valence-corrected chi connectivity index (χ0v) is 14.0. The molecule has 2 aromatic rings. The summed E-state index contributed by atoms with van der Waals surface area (Å²) >= 11 is -0.356. The van der Waals surface area contributed by atoms with Crippen molar-refractivity contribution >= 4 is 23.5 Å². The number of nitrogens with one attached hydrogen (secondary N) is 2. The standard InChI is InChI=1S/C16H11F7N2OS/c17-13-6-10(15(18,19)20)5-4-9(13)8-24-14(26)25-11-2-1-3-12(7-11)27-16(21,22)23/h1-7H,8H2,(H2,24,25,26). The highest BCUT2D eigenvalue weighted by Gasteiger charge is 2.31. The van der Waals surface area contributed by atoms with Gasteiger partial charge in [-0.3, -0.25) is 0 Å². The highest BCUT2D eigenvalue weighted by Crippen LogP contribution is 2.37. The molecular formula is C16H11F7N2OS. The van der Waals surface area contributed by atoms with Crippen LogP contribution in [0.4, 0.5) is 41.2 Å². The fourth-order valence-corrected chi connectivity index (χ4v) is 2.59. The normalized spacial score (nSPS) is 12.0. The number of urea groups is 1. The molecule has 0 atom stereocenters. The van der Waals surface area contributed by atoms with E-state index in [1.54, 1.807) is 0 Å². The van der Waals surface area contributed by atoms with E-state index in [1.807, 2.05) is 0 Å². The largest absolute Gasteiger partial charge is 0.446 e. The first-order chi connectivity index (χ1) is 12.4. The molecule has 2 aromatic carbocycles. The van der Waals surface area contributed by atoms with Gasteiger partial charge in [0.1, 0.15) is 5.82 Å². The van der Waals surface area contributed by atoms with Crippen LogP contribution in [0.5, 0.6) is 0 Å². The van der Waals surface area contributed by atoms with Gasteiger partial charge in [0.2, 0.25) is 0 Å².